The predicted octanol–water partition coefficient (Wildman–Crippen LogP) is 2.38. The lowest BCUT2D eigenvalue weighted by Crippen LogP contribution is -2.49. The Labute approximate surface area is 204 Å². The summed E-state index contributed by atoms with van der Waals surface area (Å²) in [6.07, 6.45) is 3.52. The van der Waals surface area contributed by atoms with Crippen molar-refractivity contribution in [2.45, 2.75) is 17.7 Å². The fourth-order valence-corrected chi connectivity index (χ4v) is 5.30. The van der Waals surface area contributed by atoms with Crippen LogP contribution >= 0.6 is 0 Å². The quantitative estimate of drug-likeness (QED) is 0.487. The minimum Gasteiger partial charge on any atom is -0.483 e. The zero-order valence-corrected chi connectivity index (χ0v) is 19.8. The Kier molecular flexibility index (Phi) is 7.74. The number of nitrogens with one attached hydrogen (secondary N) is 2. The van der Waals surface area contributed by atoms with Crippen LogP contribution in [0.5, 0.6) is 5.75 Å². The van der Waals surface area contributed by atoms with Gasteiger partial charge >= 0.3 is 0 Å². The van der Waals surface area contributed by atoms with Crippen LogP contribution in [-0.4, -0.2) is 49.2 Å². The van der Waals surface area contributed by atoms with Gasteiger partial charge in [-0.3, -0.25) is 25.4 Å². The summed E-state index contributed by atoms with van der Waals surface area (Å²) in [4.78, 5) is 28.7. The van der Waals surface area contributed by atoms with E-state index in [4.69, 9.17) is 4.74 Å². The average Bonchev–Trinajstić information content (AvgIpc) is 2.91. The summed E-state index contributed by atoms with van der Waals surface area (Å²) >= 11 is 0. The molecule has 1 aliphatic rings. The highest BCUT2D eigenvalue weighted by Gasteiger charge is 2.32. The molecule has 4 rings (SSSR count). The highest BCUT2D eigenvalue weighted by Crippen LogP contribution is 2.29. The number of aromatic nitrogens is 1. The maximum atomic E-state index is 12.7. The summed E-state index contributed by atoms with van der Waals surface area (Å²) in [5.41, 5.74) is 6.62. The Morgan fingerprint density at radius 2 is 1.66 bits per heavy atom. The number of amides is 2. The minimum absolute atomic E-state index is 0.129. The van der Waals surface area contributed by atoms with Crippen molar-refractivity contribution in [3.05, 3.63) is 79.1 Å². The molecule has 2 aromatic carbocycles. The molecule has 0 atom stereocenters. The number of sulfonamides is 1. The van der Waals surface area contributed by atoms with Crippen LogP contribution < -0.4 is 15.6 Å². The maximum absolute atomic E-state index is 12.7. The number of carbonyl (C=O) groups excluding carboxylic acids is 2. The number of hydrogen-bond acceptors (Lipinski definition) is 6. The molecular formula is C25H26N4O5S. The van der Waals surface area contributed by atoms with Crippen LogP contribution in [0.3, 0.4) is 0 Å². The summed E-state index contributed by atoms with van der Waals surface area (Å²) in [6.45, 7) is 0.150. The molecule has 182 valence electrons. The molecule has 0 radical (unpaired) electrons. The lowest BCUT2D eigenvalue weighted by Gasteiger charge is -2.30. The molecule has 0 saturated carbocycles. The van der Waals surface area contributed by atoms with Crippen molar-refractivity contribution in [2.75, 3.05) is 19.7 Å². The molecular weight excluding hydrogens is 468 g/mol. The van der Waals surface area contributed by atoms with Crippen molar-refractivity contribution in [1.82, 2.24) is 20.1 Å². The van der Waals surface area contributed by atoms with Crippen LogP contribution in [0, 0.1) is 5.92 Å². The van der Waals surface area contributed by atoms with Gasteiger partial charge in [-0.25, -0.2) is 8.42 Å². The van der Waals surface area contributed by atoms with E-state index in [-0.39, 0.29) is 30.5 Å². The van der Waals surface area contributed by atoms with E-state index in [1.54, 1.807) is 12.1 Å². The van der Waals surface area contributed by atoms with Crippen molar-refractivity contribution in [1.29, 1.82) is 0 Å². The molecule has 2 amide bonds. The van der Waals surface area contributed by atoms with Gasteiger partial charge in [0.15, 0.2) is 6.61 Å². The SMILES string of the molecule is O=C(COc1ccccc1-c1ccccc1)NNC(=O)C1CCN(S(=O)(=O)c2cccnc2)CC1. The smallest absolute Gasteiger partial charge is 0.276 e. The van der Waals surface area contributed by atoms with Crippen molar-refractivity contribution < 1.29 is 22.7 Å². The minimum atomic E-state index is -3.64. The van der Waals surface area contributed by atoms with Gasteiger partial charge in [-0.15, -0.1) is 0 Å². The molecule has 9 nitrogen and oxygen atoms in total. The zero-order valence-electron chi connectivity index (χ0n) is 19.0. The summed E-state index contributed by atoms with van der Waals surface area (Å²) in [6, 6.07) is 20.1. The topological polar surface area (TPSA) is 118 Å². The molecule has 1 fully saturated rings. The van der Waals surface area contributed by atoms with Gasteiger partial charge in [0.1, 0.15) is 10.6 Å². The molecule has 0 bridgehead atoms. The van der Waals surface area contributed by atoms with E-state index in [1.807, 2.05) is 48.5 Å². The number of hydrogen-bond donors (Lipinski definition) is 2. The van der Waals surface area contributed by atoms with Crippen LogP contribution in [0.2, 0.25) is 0 Å². The molecule has 35 heavy (non-hydrogen) atoms. The van der Waals surface area contributed by atoms with Crippen LogP contribution in [0.25, 0.3) is 11.1 Å². The van der Waals surface area contributed by atoms with Crippen molar-refractivity contribution in [3.8, 4) is 16.9 Å². The van der Waals surface area contributed by atoms with Crippen LogP contribution in [0.1, 0.15) is 12.8 Å². The summed E-state index contributed by atoms with van der Waals surface area (Å²) in [5, 5.41) is 0. The molecule has 1 aromatic heterocycles. The zero-order chi connectivity index (χ0) is 24.7. The van der Waals surface area contributed by atoms with Gasteiger partial charge in [0.05, 0.1) is 0 Å². The second-order valence-corrected chi connectivity index (χ2v) is 9.99. The Hall–Kier alpha value is -3.76. The standard InChI is InChI=1S/C25H26N4O5S/c30-24(18-34-23-11-5-4-10-22(23)19-7-2-1-3-8-19)27-28-25(31)20-12-15-29(16-13-20)35(32,33)21-9-6-14-26-17-21/h1-11,14,17,20H,12-13,15-16,18H2,(H,27,30)(H,28,31). The van der Waals surface area contributed by atoms with Crippen molar-refractivity contribution in [2.24, 2.45) is 5.92 Å². The number of benzene rings is 2. The first-order valence-corrected chi connectivity index (χ1v) is 12.7. The van der Waals surface area contributed by atoms with E-state index in [9.17, 15) is 18.0 Å². The van der Waals surface area contributed by atoms with Gasteiger partial charge in [0, 0.05) is 37.0 Å². The number of para-hydroxylation sites is 1. The first-order chi connectivity index (χ1) is 16.9. The normalized spacial score (nSPS) is 14.7. The second kappa shape index (κ2) is 11.1. The number of rotatable bonds is 7. The number of carbonyl (C=O) groups is 2. The Bertz CT molecular complexity index is 1260. The van der Waals surface area contributed by atoms with Crippen LogP contribution in [0.4, 0.5) is 0 Å². The van der Waals surface area contributed by atoms with E-state index in [2.05, 4.69) is 15.8 Å². The highest BCUT2D eigenvalue weighted by molar-refractivity contribution is 7.89. The third-order valence-electron chi connectivity index (χ3n) is 5.75. The Balaban J connectivity index is 1.24. The molecule has 1 aliphatic heterocycles. The molecule has 3 aromatic rings. The molecule has 2 heterocycles. The fraction of sp³-hybridized carbons (Fsp3) is 0.240. The van der Waals surface area contributed by atoms with Gasteiger partial charge in [0.2, 0.25) is 15.9 Å². The van der Waals surface area contributed by atoms with E-state index in [1.165, 1.54) is 22.8 Å². The maximum Gasteiger partial charge on any atom is 0.276 e. The van der Waals surface area contributed by atoms with Crippen LogP contribution in [-0.2, 0) is 19.6 Å². The van der Waals surface area contributed by atoms with E-state index >= 15 is 0 Å². The van der Waals surface area contributed by atoms with Gasteiger partial charge in [-0.05, 0) is 36.6 Å². The average molecular weight is 495 g/mol. The number of hydrazine groups is 1. The largest absolute Gasteiger partial charge is 0.483 e. The van der Waals surface area contributed by atoms with Crippen LogP contribution in [0.15, 0.2) is 84.0 Å². The van der Waals surface area contributed by atoms with E-state index in [0.717, 1.165) is 11.1 Å². The highest BCUT2D eigenvalue weighted by atomic mass is 32.2. The monoisotopic (exact) mass is 494 g/mol. The third-order valence-corrected chi connectivity index (χ3v) is 7.63. The summed E-state index contributed by atoms with van der Waals surface area (Å²) in [7, 11) is -3.64. The summed E-state index contributed by atoms with van der Waals surface area (Å²) in [5.74, 6) is -0.711. The molecule has 10 heteroatoms. The first-order valence-electron chi connectivity index (χ1n) is 11.2. The predicted molar refractivity (Wildman–Crippen MR) is 129 cm³/mol. The summed E-state index contributed by atoms with van der Waals surface area (Å²) < 4.78 is 32.4. The number of piperidine rings is 1. The number of nitrogens with zero attached hydrogens (tertiary/aromatic N) is 2. The molecule has 0 unspecified atom stereocenters. The molecule has 0 spiro atoms. The first kappa shape index (κ1) is 24.4. The fourth-order valence-electron chi connectivity index (χ4n) is 3.87. The molecule has 1 saturated heterocycles. The van der Waals surface area contributed by atoms with Gasteiger partial charge in [-0.2, -0.15) is 4.31 Å². The van der Waals surface area contributed by atoms with Crippen molar-refractivity contribution in [3.63, 3.8) is 0 Å². The van der Waals surface area contributed by atoms with E-state index in [0.29, 0.717) is 18.6 Å². The van der Waals surface area contributed by atoms with Gasteiger partial charge in [0.25, 0.3) is 5.91 Å². The van der Waals surface area contributed by atoms with Gasteiger partial charge in [-0.1, -0.05) is 48.5 Å². The number of pyridine rings is 1. The molecule has 0 aliphatic carbocycles. The van der Waals surface area contributed by atoms with Gasteiger partial charge < -0.3 is 4.74 Å². The van der Waals surface area contributed by atoms with Crippen molar-refractivity contribution >= 4 is 21.8 Å². The lowest BCUT2D eigenvalue weighted by molar-refractivity contribution is -0.132. The third kappa shape index (κ3) is 6.03. The Morgan fingerprint density at radius 3 is 2.37 bits per heavy atom. The number of ether oxygens (including phenoxy) is 1. The molecule has 2 N–H and O–H groups in total. The second-order valence-electron chi connectivity index (χ2n) is 8.06. The lowest BCUT2D eigenvalue weighted by atomic mass is 9.98. The van der Waals surface area contributed by atoms with E-state index < -0.39 is 21.8 Å². The Morgan fingerprint density at radius 1 is 0.943 bits per heavy atom.